The topological polar surface area (TPSA) is 92.3 Å². The molecule has 7 nitrogen and oxygen atoms in total. The maximum atomic E-state index is 13.0. The molecule has 9 heteroatoms. The molecule has 2 heterocycles. The molecule has 1 atom stereocenters. The number of hydrogen-bond donors (Lipinski definition) is 1. The van der Waals surface area contributed by atoms with Gasteiger partial charge in [-0.05, 0) is 43.9 Å². The van der Waals surface area contributed by atoms with Crippen LogP contribution in [0.4, 0.5) is 5.13 Å². The van der Waals surface area contributed by atoms with E-state index in [-0.39, 0.29) is 16.5 Å². The number of nitrogens with zero attached hydrogens (tertiary/aromatic N) is 3. The van der Waals surface area contributed by atoms with Crippen molar-refractivity contribution >= 4 is 32.4 Å². The van der Waals surface area contributed by atoms with Crippen LogP contribution < -0.4 is 5.32 Å². The van der Waals surface area contributed by atoms with Crippen LogP contribution in [0.25, 0.3) is 0 Å². The maximum Gasteiger partial charge on any atom is 0.257 e. The summed E-state index contributed by atoms with van der Waals surface area (Å²) in [5.41, 5.74) is 0.284. The second-order valence-electron chi connectivity index (χ2n) is 7.54. The lowest BCUT2D eigenvalue weighted by molar-refractivity contribution is 0.102. The summed E-state index contributed by atoms with van der Waals surface area (Å²) in [6.07, 6.45) is 3.56. The number of nitrogens with one attached hydrogen (secondary N) is 1. The molecule has 28 heavy (non-hydrogen) atoms. The molecule has 0 spiro atoms. The molecule has 0 saturated carbocycles. The van der Waals surface area contributed by atoms with Gasteiger partial charge in [0.1, 0.15) is 5.01 Å². The summed E-state index contributed by atoms with van der Waals surface area (Å²) < 4.78 is 27.6. The van der Waals surface area contributed by atoms with E-state index < -0.39 is 15.9 Å². The van der Waals surface area contributed by atoms with Gasteiger partial charge in [0, 0.05) is 24.6 Å². The standard InChI is InChI=1S/C19H26N4O3S2/c1-13(2)11-17-21-22-19(27-17)20-18(24)15-8-6-9-16(12-15)28(25,26)23-10-5-4-7-14(23)3/h6,8-9,12-14H,4-5,7,10-11H2,1-3H3,(H,20,22,24). The van der Waals surface area contributed by atoms with Gasteiger partial charge in [0.25, 0.3) is 5.91 Å². The van der Waals surface area contributed by atoms with Gasteiger partial charge in [-0.3, -0.25) is 10.1 Å². The lowest BCUT2D eigenvalue weighted by atomic mass is 10.1. The number of hydrogen-bond acceptors (Lipinski definition) is 6. The van der Waals surface area contributed by atoms with E-state index in [1.807, 2.05) is 6.92 Å². The van der Waals surface area contributed by atoms with Crippen molar-refractivity contribution in [2.75, 3.05) is 11.9 Å². The van der Waals surface area contributed by atoms with Crippen LogP contribution in [0.1, 0.15) is 55.4 Å². The predicted molar refractivity (Wildman–Crippen MR) is 110 cm³/mol. The Morgan fingerprint density at radius 2 is 2.11 bits per heavy atom. The van der Waals surface area contributed by atoms with E-state index in [1.54, 1.807) is 18.2 Å². The van der Waals surface area contributed by atoms with Crippen LogP contribution in [0.5, 0.6) is 0 Å². The number of anilines is 1. The molecule has 0 bridgehead atoms. The van der Waals surface area contributed by atoms with Crippen molar-refractivity contribution < 1.29 is 13.2 Å². The third kappa shape index (κ3) is 4.76. The summed E-state index contributed by atoms with van der Waals surface area (Å²) in [5, 5.41) is 12.1. The van der Waals surface area contributed by atoms with Gasteiger partial charge in [0.2, 0.25) is 15.2 Å². The average Bonchev–Trinajstić information content (AvgIpc) is 3.08. The van der Waals surface area contributed by atoms with E-state index in [2.05, 4.69) is 29.4 Å². The first-order valence-corrected chi connectivity index (χ1v) is 11.8. The number of aromatic nitrogens is 2. The first-order valence-electron chi connectivity index (χ1n) is 9.53. The van der Waals surface area contributed by atoms with Gasteiger partial charge < -0.3 is 0 Å². The molecule has 0 aliphatic carbocycles. The van der Waals surface area contributed by atoms with Gasteiger partial charge in [0.15, 0.2) is 0 Å². The number of piperidine rings is 1. The zero-order valence-corrected chi connectivity index (χ0v) is 18.0. The fourth-order valence-corrected chi connectivity index (χ4v) is 5.96. The fourth-order valence-electron chi connectivity index (χ4n) is 3.27. The first-order chi connectivity index (χ1) is 13.3. The van der Waals surface area contributed by atoms with Crippen LogP contribution in [0, 0.1) is 5.92 Å². The van der Waals surface area contributed by atoms with E-state index >= 15 is 0 Å². The van der Waals surface area contributed by atoms with E-state index in [9.17, 15) is 13.2 Å². The number of sulfonamides is 1. The molecule has 1 saturated heterocycles. The van der Waals surface area contributed by atoms with Crippen LogP contribution in [-0.4, -0.2) is 41.4 Å². The van der Waals surface area contributed by atoms with Crippen molar-refractivity contribution in [1.82, 2.24) is 14.5 Å². The van der Waals surface area contributed by atoms with E-state index in [4.69, 9.17) is 0 Å². The minimum absolute atomic E-state index is 0.0306. The quantitative estimate of drug-likeness (QED) is 0.768. The molecule has 1 unspecified atom stereocenters. The van der Waals surface area contributed by atoms with E-state index in [1.165, 1.54) is 21.7 Å². The number of amides is 1. The number of rotatable bonds is 6. The molecule has 1 aliphatic heterocycles. The van der Waals surface area contributed by atoms with Gasteiger partial charge in [-0.2, -0.15) is 4.31 Å². The summed E-state index contributed by atoms with van der Waals surface area (Å²) in [5.74, 6) is 0.0616. The second kappa shape index (κ2) is 8.67. The Kier molecular flexibility index (Phi) is 6.47. The first kappa shape index (κ1) is 20.9. The summed E-state index contributed by atoms with van der Waals surface area (Å²) in [4.78, 5) is 12.7. The van der Waals surface area contributed by atoms with Crippen LogP contribution in [0.3, 0.4) is 0 Å². The molecular weight excluding hydrogens is 396 g/mol. The van der Waals surface area contributed by atoms with Crippen LogP contribution in [0.15, 0.2) is 29.2 Å². The zero-order chi connectivity index (χ0) is 20.3. The smallest absolute Gasteiger partial charge is 0.257 e. The monoisotopic (exact) mass is 422 g/mol. The molecule has 1 aliphatic rings. The highest BCUT2D eigenvalue weighted by Crippen LogP contribution is 2.26. The number of carbonyl (C=O) groups excluding carboxylic acids is 1. The lowest BCUT2D eigenvalue weighted by Gasteiger charge is -2.32. The van der Waals surface area contributed by atoms with Crippen LogP contribution in [0.2, 0.25) is 0 Å². The Balaban J connectivity index is 1.77. The van der Waals surface area contributed by atoms with Crippen molar-refractivity contribution in [1.29, 1.82) is 0 Å². The highest BCUT2D eigenvalue weighted by molar-refractivity contribution is 7.89. The van der Waals surface area contributed by atoms with E-state index in [0.717, 1.165) is 30.7 Å². The molecule has 0 radical (unpaired) electrons. The summed E-state index contributed by atoms with van der Waals surface area (Å²) in [7, 11) is -3.62. The fraction of sp³-hybridized carbons (Fsp3) is 0.526. The minimum Gasteiger partial charge on any atom is -0.296 e. The molecule has 1 aromatic carbocycles. The third-order valence-corrected chi connectivity index (χ3v) is 7.59. The third-order valence-electron chi connectivity index (χ3n) is 4.72. The van der Waals surface area contributed by atoms with Gasteiger partial charge in [-0.1, -0.05) is 37.7 Å². The highest BCUT2D eigenvalue weighted by Gasteiger charge is 2.31. The Labute approximate surface area is 170 Å². The molecule has 1 N–H and O–H groups in total. The Morgan fingerprint density at radius 3 is 2.82 bits per heavy atom. The van der Waals surface area contributed by atoms with Crippen molar-refractivity contribution in [2.45, 2.75) is 57.4 Å². The van der Waals surface area contributed by atoms with E-state index in [0.29, 0.717) is 17.6 Å². The highest BCUT2D eigenvalue weighted by atomic mass is 32.2. The Hall–Kier alpha value is -1.84. The molecule has 1 aromatic heterocycles. The normalized spacial score (nSPS) is 18.4. The average molecular weight is 423 g/mol. The van der Waals surface area contributed by atoms with Gasteiger partial charge >= 0.3 is 0 Å². The molecule has 3 rings (SSSR count). The minimum atomic E-state index is -3.62. The summed E-state index contributed by atoms with van der Waals surface area (Å²) in [6, 6.07) is 6.14. The zero-order valence-electron chi connectivity index (χ0n) is 16.4. The molecule has 1 fully saturated rings. The summed E-state index contributed by atoms with van der Waals surface area (Å²) >= 11 is 1.34. The van der Waals surface area contributed by atoms with Gasteiger partial charge in [0.05, 0.1) is 4.90 Å². The number of benzene rings is 1. The van der Waals surface area contributed by atoms with Gasteiger partial charge in [-0.25, -0.2) is 8.42 Å². The van der Waals surface area contributed by atoms with Crippen LogP contribution >= 0.6 is 11.3 Å². The Bertz CT molecular complexity index is 940. The molecule has 152 valence electrons. The number of carbonyl (C=O) groups is 1. The lowest BCUT2D eigenvalue weighted by Crippen LogP contribution is -2.41. The van der Waals surface area contributed by atoms with Crippen molar-refractivity contribution in [3.8, 4) is 0 Å². The largest absolute Gasteiger partial charge is 0.296 e. The molecule has 1 amide bonds. The maximum absolute atomic E-state index is 13.0. The van der Waals surface area contributed by atoms with Crippen molar-refractivity contribution in [3.05, 3.63) is 34.8 Å². The SMILES string of the molecule is CC(C)Cc1nnc(NC(=O)c2cccc(S(=O)(=O)N3CCCCC3C)c2)s1. The van der Waals surface area contributed by atoms with Crippen molar-refractivity contribution in [3.63, 3.8) is 0 Å². The Morgan fingerprint density at radius 1 is 1.32 bits per heavy atom. The summed E-state index contributed by atoms with van der Waals surface area (Å²) in [6.45, 7) is 6.63. The van der Waals surface area contributed by atoms with Gasteiger partial charge in [-0.15, -0.1) is 10.2 Å². The molecular formula is C19H26N4O3S2. The molecule has 2 aromatic rings. The second-order valence-corrected chi connectivity index (χ2v) is 10.5. The van der Waals surface area contributed by atoms with Crippen molar-refractivity contribution in [2.24, 2.45) is 5.92 Å². The predicted octanol–water partition coefficient (Wildman–Crippen LogP) is 3.55. The van der Waals surface area contributed by atoms with Crippen LogP contribution in [-0.2, 0) is 16.4 Å².